The third kappa shape index (κ3) is 2.67. The minimum atomic E-state index is -2.35. The van der Waals surface area contributed by atoms with Gasteiger partial charge >= 0.3 is 11.9 Å². The molecule has 0 aromatic heterocycles. The van der Waals surface area contributed by atoms with Crippen LogP contribution >= 0.6 is 0 Å². The van der Waals surface area contributed by atoms with Crippen molar-refractivity contribution in [2.75, 3.05) is 0 Å². The summed E-state index contributed by atoms with van der Waals surface area (Å²) in [6.07, 6.45) is 1.50. The van der Waals surface area contributed by atoms with Gasteiger partial charge in [-0.3, -0.25) is 15.4 Å². The molecule has 1 aliphatic heterocycles. The largest absolute Gasteiger partial charge is 0.479 e. The summed E-state index contributed by atoms with van der Waals surface area (Å²) >= 11 is 0. The van der Waals surface area contributed by atoms with E-state index in [0.29, 0.717) is 11.1 Å². The van der Waals surface area contributed by atoms with Gasteiger partial charge in [-0.2, -0.15) is 0 Å². The first-order valence-corrected chi connectivity index (χ1v) is 8.00. The Morgan fingerprint density at radius 1 is 1.00 bits per heavy atom. The van der Waals surface area contributed by atoms with Crippen LogP contribution in [-0.4, -0.2) is 32.6 Å². The highest BCUT2D eigenvalue weighted by Gasteiger charge is 2.58. The number of non-ortho nitro benzene ring substituents is 1. The van der Waals surface area contributed by atoms with E-state index in [9.17, 15) is 29.9 Å². The van der Waals surface area contributed by atoms with Crippen LogP contribution in [0.25, 0.3) is 0 Å². The quantitative estimate of drug-likeness (QED) is 0.319. The number of carbonyl (C=O) groups is 2. The number of nitrogens with zero attached hydrogens (tertiary/aromatic N) is 1. The summed E-state index contributed by atoms with van der Waals surface area (Å²) in [4.78, 5) is 34.5. The van der Waals surface area contributed by atoms with Crippen molar-refractivity contribution >= 4 is 17.6 Å². The third-order valence-corrected chi connectivity index (χ3v) is 4.79. The molecule has 3 rings (SSSR count). The second-order valence-electron chi connectivity index (χ2n) is 6.29. The molecule has 0 saturated carbocycles. The standard InChI is InChI=1S/C19H16N2O6/c1-12-11-18(13-6-3-2-4-7-13,20-19(12,16(22)23)17(24)25)14-8-5-9-15(10-14)21(26)27/h2-11,20H,1H3,(H,22,23)(H,24,25). The lowest BCUT2D eigenvalue weighted by Gasteiger charge is -2.33. The maximum absolute atomic E-state index is 11.9. The number of rotatable bonds is 5. The molecule has 1 atom stereocenters. The van der Waals surface area contributed by atoms with Gasteiger partial charge in [0.25, 0.3) is 5.69 Å². The van der Waals surface area contributed by atoms with E-state index in [1.165, 1.54) is 31.2 Å². The number of hydrogen-bond donors (Lipinski definition) is 3. The first-order chi connectivity index (χ1) is 12.7. The van der Waals surface area contributed by atoms with Crippen LogP contribution in [0.3, 0.4) is 0 Å². The summed E-state index contributed by atoms with van der Waals surface area (Å²) in [6, 6.07) is 14.3. The topological polar surface area (TPSA) is 130 Å². The van der Waals surface area contributed by atoms with Crippen LogP contribution in [0.4, 0.5) is 5.69 Å². The van der Waals surface area contributed by atoms with Crippen LogP contribution in [0.1, 0.15) is 18.1 Å². The third-order valence-electron chi connectivity index (χ3n) is 4.79. The first-order valence-electron chi connectivity index (χ1n) is 8.00. The fourth-order valence-corrected chi connectivity index (χ4v) is 3.44. The molecule has 0 bridgehead atoms. The van der Waals surface area contributed by atoms with E-state index in [1.54, 1.807) is 36.4 Å². The Balaban J connectivity index is 2.30. The van der Waals surface area contributed by atoms with Crippen molar-refractivity contribution in [3.05, 3.63) is 87.5 Å². The van der Waals surface area contributed by atoms with Crippen LogP contribution in [-0.2, 0) is 15.1 Å². The van der Waals surface area contributed by atoms with Crippen LogP contribution in [0.15, 0.2) is 66.2 Å². The predicted molar refractivity (Wildman–Crippen MR) is 95.2 cm³/mol. The molecule has 1 heterocycles. The van der Waals surface area contributed by atoms with E-state index in [1.807, 2.05) is 0 Å². The highest BCUT2D eigenvalue weighted by molar-refractivity contribution is 6.08. The summed E-state index contributed by atoms with van der Waals surface area (Å²) in [6.45, 7) is 1.41. The Hall–Kier alpha value is -3.52. The van der Waals surface area contributed by atoms with Crippen molar-refractivity contribution in [1.82, 2.24) is 5.32 Å². The van der Waals surface area contributed by atoms with Crippen molar-refractivity contribution in [2.24, 2.45) is 0 Å². The lowest BCUT2D eigenvalue weighted by atomic mass is 9.83. The number of nitrogens with one attached hydrogen (secondary N) is 1. The second kappa shape index (κ2) is 6.33. The number of hydrogen-bond acceptors (Lipinski definition) is 5. The fraction of sp³-hybridized carbons (Fsp3) is 0.158. The van der Waals surface area contributed by atoms with Crippen molar-refractivity contribution in [3.63, 3.8) is 0 Å². The zero-order valence-electron chi connectivity index (χ0n) is 14.2. The van der Waals surface area contributed by atoms with Crippen LogP contribution in [0.5, 0.6) is 0 Å². The van der Waals surface area contributed by atoms with E-state index in [2.05, 4.69) is 5.32 Å². The lowest BCUT2D eigenvalue weighted by Crippen LogP contribution is -2.61. The van der Waals surface area contributed by atoms with Gasteiger partial charge in [-0.05, 0) is 23.6 Å². The molecule has 1 aliphatic rings. The Bertz CT molecular complexity index is 955. The summed E-state index contributed by atoms with van der Waals surface area (Å²) in [5.41, 5.74) is -2.87. The average molecular weight is 368 g/mol. The molecule has 138 valence electrons. The molecule has 2 aromatic rings. The Labute approximate surface area is 153 Å². The van der Waals surface area contributed by atoms with Crippen LogP contribution in [0, 0.1) is 10.1 Å². The van der Waals surface area contributed by atoms with E-state index in [-0.39, 0.29) is 11.3 Å². The molecule has 3 N–H and O–H groups in total. The summed E-state index contributed by atoms with van der Waals surface area (Å²) in [5.74, 6) is -3.13. The highest BCUT2D eigenvalue weighted by atomic mass is 16.6. The number of aliphatic carboxylic acids is 2. The molecule has 0 spiro atoms. The zero-order valence-corrected chi connectivity index (χ0v) is 14.2. The SMILES string of the molecule is CC1=CC(c2ccccc2)(c2cccc([N+](=O)[O-])c2)NC1(C(=O)O)C(=O)O. The molecule has 0 fully saturated rings. The fourth-order valence-electron chi connectivity index (χ4n) is 3.44. The maximum Gasteiger partial charge on any atom is 0.340 e. The summed E-state index contributed by atoms with van der Waals surface area (Å²) in [7, 11) is 0. The lowest BCUT2D eigenvalue weighted by molar-refractivity contribution is -0.384. The summed E-state index contributed by atoms with van der Waals surface area (Å²) in [5, 5.41) is 33.3. The predicted octanol–water partition coefficient (Wildman–Crippen LogP) is 2.30. The molecular formula is C19H16N2O6. The van der Waals surface area contributed by atoms with Crippen molar-refractivity contribution in [1.29, 1.82) is 0 Å². The molecule has 0 amide bonds. The van der Waals surface area contributed by atoms with Gasteiger partial charge < -0.3 is 10.2 Å². The molecule has 0 saturated heterocycles. The molecule has 0 radical (unpaired) electrons. The Morgan fingerprint density at radius 3 is 2.11 bits per heavy atom. The molecule has 27 heavy (non-hydrogen) atoms. The molecule has 0 aliphatic carbocycles. The minimum Gasteiger partial charge on any atom is -0.479 e. The molecule has 8 nitrogen and oxygen atoms in total. The van der Waals surface area contributed by atoms with Crippen molar-refractivity contribution in [3.8, 4) is 0 Å². The van der Waals surface area contributed by atoms with Gasteiger partial charge in [-0.15, -0.1) is 0 Å². The molecule has 2 aromatic carbocycles. The number of nitro groups is 1. The Kier molecular flexibility index (Phi) is 4.28. The highest BCUT2D eigenvalue weighted by Crippen LogP contribution is 2.43. The van der Waals surface area contributed by atoms with E-state index < -0.39 is 27.9 Å². The maximum atomic E-state index is 11.9. The van der Waals surface area contributed by atoms with E-state index >= 15 is 0 Å². The number of benzene rings is 2. The minimum absolute atomic E-state index is 0.0814. The van der Waals surface area contributed by atoms with Gasteiger partial charge in [0.15, 0.2) is 0 Å². The monoisotopic (exact) mass is 368 g/mol. The van der Waals surface area contributed by atoms with Crippen molar-refractivity contribution in [2.45, 2.75) is 18.0 Å². The average Bonchev–Trinajstić information content (AvgIpc) is 2.98. The number of carboxylic acid groups (broad SMARTS) is 2. The van der Waals surface area contributed by atoms with Gasteiger partial charge in [0.1, 0.15) is 0 Å². The van der Waals surface area contributed by atoms with Crippen LogP contribution in [0.2, 0.25) is 0 Å². The normalized spacial score (nSPS) is 20.7. The van der Waals surface area contributed by atoms with Gasteiger partial charge in [-0.25, -0.2) is 9.59 Å². The molecule has 1 unspecified atom stereocenters. The smallest absolute Gasteiger partial charge is 0.340 e. The van der Waals surface area contributed by atoms with Crippen LogP contribution < -0.4 is 5.32 Å². The zero-order chi connectivity index (χ0) is 19.8. The summed E-state index contributed by atoms with van der Waals surface area (Å²) < 4.78 is 0. The van der Waals surface area contributed by atoms with Gasteiger partial charge in [0.2, 0.25) is 5.54 Å². The molecular weight excluding hydrogens is 352 g/mol. The van der Waals surface area contributed by atoms with Crippen molar-refractivity contribution < 1.29 is 24.7 Å². The van der Waals surface area contributed by atoms with Gasteiger partial charge in [0.05, 0.1) is 10.5 Å². The van der Waals surface area contributed by atoms with E-state index in [0.717, 1.165) is 0 Å². The van der Waals surface area contributed by atoms with Gasteiger partial charge in [0, 0.05) is 12.1 Å². The first kappa shape index (κ1) is 18.3. The van der Waals surface area contributed by atoms with Gasteiger partial charge in [-0.1, -0.05) is 48.5 Å². The number of carboxylic acids is 2. The number of nitro benzene ring substituents is 1. The second-order valence-corrected chi connectivity index (χ2v) is 6.29. The molecule has 8 heteroatoms. The Morgan fingerprint density at radius 2 is 1.59 bits per heavy atom. The van der Waals surface area contributed by atoms with E-state index in [4.69, 9.17) is 0 Å².